The van der Waals surface area contributed by atoms with E-state index < -0.39 is 18.5 Å². The highest BCUT2D eigenvalue weighted by Gasteiger charge is 2.15. The number of esters is 1. The largest absolute Gasteiger partial charge is 0.489 e. The van der Waals surface area contributed by atoms with Crippen LogP contribution in [-0.4, -0.2) is 18.5 Å². The molecule has 0 fully saturated rings. The van der Waals surface area contributed by atoms with Gasteiger partial charge in [-0.25, -0.2) is 4.79 Å². The third kappa shape index (κ3) is 5.83. The molecular weight excluding hydrogens is 390 g/mol. The first-order valence-electron chi connectivity index (χ1n) is 9.02. The fraction of sp³-hybridized carbons (Fsp3) is 0.130. The van der Waals surface area contributed by atoms with Crippen LogP contribution in [0.3, 0.4) is 0 Å². The van der Waals surface area contributed by atoms with Gasteiger partial charge in [0.05, 0.1) is 5.56 Å². The highest BCUT2D eigenvalue weighted by molar-refractivity contribution is 6.31. The van der Waals surface area contributed by atoms with E-state index in [0.717, 1.165) is 5.56 Å². The monoisotopic (exact) mass is 409 g/mol. The normalized spacial score (nSPS) is 10.3. The minimum Gasteiger partial charge on any atom is -0.489 e. The molecule has 3 aromatic rings. The number of rotatable bonds is 7. The maximum Gasteiger partial charge on any atom is 0.339 e. The van der Waals surface area contributed by atoms with E-state index in [2.05, 4.69) is 5.32 Å². The molecule has 5 nitrogen and oxygen atoms in total. The second-order valence-electron chi connectivity index (χ2n) is 6.34. The van der Waals surface area contributed by atoms with Crippen LogP contribution in [-0.2, 0) is 16.1 Å². The lowest BCUT2D eigenvalue weighted by Crippen LogP contribution is -2.22. The number of hydrogen-bond acceptors (Lipinski definition) is 4. The van der Waals surface area contributed by atoms with Crippen molar-refractivity contribution < 1.29 is 19.1 Å². The summed E-state index contributed by atoms with van der Waals surface area (Å²) >= 11 is 5.95. The highest BCUT2D eigenvalue weighted by Crippen LogP contribution is 2.20. The van der Waals surface area contributed by atoms with E-state index in [1.54, 1.807) is 36.4 Å². The van der Waals surface area contributed by atoms with Crippen LogP contribution >= 0.6 is 11.6 Å². The average molecular weight is 410 g/mol. The van der Waals surface area contributed by atoms with E-state index in [1.807, 2.05) is 43.3 Å². The van der Waals surface area contributed by atoms with Gasteiger partial charge in [0, 0.05) is 16.3 Å². The van der Waals surface area contributed by atoms with Gasteiger partial charge in [-0.05, 0) is 42.8 Å². The zero-order chi connectivity index (χ0) is 20.6. The topological polar surface area (TPSA) is 64.6 Å². The van der Waals surface area contributed by atoms with Crippen LogP contribution in [0.2, 0.25) is 5.02 Å². The molecule has 0 spiro atoms. The average Bonchev–Trinajstić information content (AvgIpc) is 2.74. The summed E-state index contributed by atoms with van der Waals surface area (Å²) in [7, 11) is 0. The summed E-state index contributed by atoms with van der Waals surface area (Å²) in [6.07, 6.45) is 0. The summed E-state index contributed by atoms with van der Waals surface area (Å²) < 4.78 is 10.9. The molecule has 0 bridgehead atoms. The Hall–Kier alpha value is -3.31. The molecule has 0 radical (unpaired) electrons. The first-order valence-corrected chi connectivity index (χ1v) is 9.39. The number of amides is 1. The quantitative estimate of drug-likeness (QED) is 0.556. The number of nitrogens with one attached hydrogen (secondary N) is 1. The molecular formula is C23H20ClNO4. The highest BCUT2D eigenvalue weighted by atomic mass is 35.5. The summed E-state index contributed by atoms with van der Waals surface area (Å²) in [5.41, 5.74) is 2.47. The van der Waals surface area contributed by atoms with Gasteiger partial charge < -0.3 is 14.8 Å². The predicted molar refractivity (Wildman–Crippen MR) is 112 cm³/mol. The van der Waals surface area contributed by atoms with Crippen molar-refractivity contribution in [2.75, 3.05) is 11.9 Å². The standard InChI is InChI=1S/C23H20ClNO4/c1-16-11-12-18(24)13-21(16)25-22(26)15-29-23(27)20-10-6-5-7-17(20)14-28-19-8-3-2-4-9-19/h2-13H,14-15H2,1H3,(H,25,26). The van der Waals surface area contributed by atoms with Crippen LogP contribution in [0.5, 0.6) is 5.75 Å². The number of para-hydroxylation sites is 1. The molecule has 3 aromatic carbocycles. The Morgan fingerprint density at radius 3 is 2.48 bits per heavy atom. The molecule has 0 aliphatic rings. The van der Waals surface area contributed by atoms with Crippen molar-refractivity contribution in [1.82, 2.24) is 0 Å². The van der Waals surface area contributed by atoms with Gasteiger partial charge in [0.2, 0.25) is 0 Å². The third-order valence-corrected chi connectivity index (χ3v) is 4.42. The van der Waals surface area contributed by atoms with Gasteiger partial charge in [-0.3, -0.25) is 4.79 Å². The van der Waals surface area contributed by atoms with Crippen molar-refractivity contribution in [1.29, 1.82) is 0 Å². The van der Waals surface area contributed by atoms with Crippen LogP contribution in [0.1, 0.15) is 21.5 Å². The molecule has 0 atom stereocenters. The number of ether oxygens (including phenoxy) is 2. The van der Waals surface area contributed by atoms with E-state index in [-0.39, 0.29) is 6.61 Å². The zero-order valence-corrected chi connectivity index (χ0v) is 16.6. The lowest BCUT2D eigenvalue weighted by Gasteiger charge is -2.12. The van der Waals surface area contributed by atoms with Crippen molar-refractivity contribution in [3.05, 3.63) is 94.5 Å². The number of carbonyl (C=O) groups excluding carboxylic acids is 2. The molecule has 0 aromatic heterocycles. The maximum atomic E-state index is 12.5. The third-order valence-electron chi connectivity index (χ3n) is 4.18. The number of halogens is 1. The van der Waals surface area contributed by atoms with Crippen molar-refractivity contribution in [3.8, 4) is 5.75 Å². The van der Waals surface area contributed by atoms with Crippen LogP contribution in [0.15, 0.2) is 72.8 Å². The lowest BCUT2D eigenvalue weighted by atomic mass is 10.1. The van der Waals surface area contributed by atoms with Gasteiger partial charge >= 0.3 is 5.97 Å². The van der Waals surface area contributed by atoms with E-state index in [0.29, 0.717) is 27.6 Å². The Balaban J connectivity index is 1.59. The minimum absolute atomic E-state index is 0.212. The molecule has 0 heterocycles. The van der Waals surface area contributed by atoms with Crippen molar-refractivity contribution in [2.24, 2.45) is 0 Å². The van der Waals surface area contributed by atoms with Crippen molar-refractivity contribution in [2.45, 2.75) is 13.5 Å². The summed E-state index contributed by atoms with van der Waals surface area (Å²) in [6.45, 7) is 1.66. The fourth-order valence-electron chi connectivity index (χ4n) is 2.65. The Labute approximate surface area is 174 Å². The fourth-order valence-corrected chi connectivity index (χ4v) is 2.82. The summed E-state index contributed by atoms with van der Waals surface area (Å²) in [4.78, 5) is 24.6. The Bertz CT molecular complexity index is 1000. The number of benzene rings is 3. The Morgan fingerprint density at radius 2 is 1.69 bits per heavy atom. The van der Waals surface area contributed by atoms with Crippen LogP contribution in [0, 0.1) is 6.92 Å². The summed E-state index contributed by atoms with van der Waals surface area (Å²) in [5, 5.41) is 3.20. The molecule has 1 N–H and O–H groups in total. The van der Waals surface area contributed by atoms with E-state index in [1.165, 1.54) is 0 Å². The van der Waals surface area contributed by atoms with Gasteiger partial charge in [-0.15, -0.1) is 0 Å². The van der Waals surface area contributed by atoms with Gasteiger partial charge in [-0.2, -0.15) is 0 Å². The molecule has 0 saturated carbocycles. The minimum atomic E-state index is -0.588. The molecule has 1 amide bonds. The first-order chi connectivity index (χ1) is 14.0. The lowest BCUT2D eigenvalue weighted by molar-refractivity contribution is -0.119. The molecule has 0 aliphatic carbocycles. The molecule has 148 valence electrons. The SMILES string of the molecule is Cc1ccc(Cl)cc1NC(=O)COC(=O)c1ccccc1COc1ccccc1. The number of anilines is 1. The molecule has 0 unspecified atom stereocenters. The molecule has 0 saturated heterocycles. The number of carbonyl (C=O) groups is 2. The molecule has 29 heavy (non-hydrogen) atoms. The van der Waals surface area contributed by atoms with Gasteiger partial charge in [-0.1, -0.05) is 54.1 Å². The maximum absolute atomic E-state index is 12.5. The number of hydrogen-bond donors (Lipinski definition) is 1. The Morgan fingerprint density at radius 1 is 0.966 bits per heavy atom. The van der Waals surface area contributed by atoms with Crippen LogP contribution in [0.25, 0.3) is 0 Å². The molecule has 6 heteroatoms. The van der Waals surface area contributed by atoms with Gasteiger partial charge in [0.1, 0.15) is 12.4 Å². The smallest absolute Gasteiger partial charge is 0.339 e. The summed E-state index contributed by atoms with van der Waals surface area (Å²) in [6, 6.07) is 21.5. The Kier molecular flexibility index (Phi) is 6.87. The van der Waals surface area contributed by atoms with Crippen molar-refractivity contribution in [3.63, 3.8) is 0 Å². The predicted octanol–water partition coefficient (Wildman–Crippen LogP) is 5.02. The van der Waals surface area contributed by atoms with Crippen LogP contribution < -0.4 is 10.1 Å². The second kappa shape index (κ2) is 9.75. The van der Waals surface area contributed by atoms with Gasteiger partial charge in [0.25, 0.3) is 5.91 Å². The van der Waals surface area contributed by atoms with E-state index in [4.69, 9.17) is 21.1 Å². The molecule has 3 rings (SSSR count). The molecule has 0 aliphatic heterocycles. The number of aryl methyl sites for hydroxylation is 1. The van der Waals surface area contributed by atoms with Gasteiger partial charge in [0.15, 0.2) is 6.61 Å². The summed E-state index contributed by atoms with van der Waals surface area (Å²) in [5.74, 6) is -0.330. The van der Waals surface area contributed by atoms with Crippen LogP contribution in [0.4, 0.5) is 5.69 Å². The zero-order valence-electron chi connectivity index (χ0n) is 15.9. The van der Waals surface area contributed by atoms with Crippen molar-refractivity contribution >= 4 is 29.2 Å². The first kappa shape index (κ1) is 20.4. The second-order valence-corrected chi connectivity index (χ2v) is 6.78. The van der Waals surface area contributed by atoms with E-state index in [9.17, 15) is 9.59 Å². The van der Waals surface area contributed by atoms with E-state index >= 15 is 0 Å².